The number of hydrogen-bond donors (Lipinski definition) is 1. The summed E-state index contributed by atoms with van der Waals surface area (Å²) in [7, 11) is 2.18. The molecular weight excluding hydrogens is 443 g/mol. The number of nitrogens with one attached hydrogen (secondary N) is 1. The van der Waals surface area contributed by atoms with E-state index >= 15 is 0 Å². The molecule has 2 fully saturated rings. The Bertz CT molecular complexity index is 931. The molecule has 0 saturated carbocycles. The number of hydrogen-bond acceptors (Lipinski definition) is 4. The molecular formula is C26H32F3N3O2. The zero-order chi connectivity index (χ0) is 24.1. The standard InChI is InChI=1S/C26H32F3N3O2/c1-31-14-12-23(13-15-31)32-16-10-22(11-17-32)30-25(33)20-4-2-19(3-5-20)18-34-24-8-6-21(7-9-24)26(27,28)29/h2-9,22-23H,10-18H2,1H3,(H,30,33). The Hall–Kier alpha value is -2.58. The summed E-state index contributed by atoms with van der Waals surface area (Å²) in [4.78, 5) is 17.7. The van der Waals surface area contributed by atoms with Crippen LogP contribution in [-0.2, 0) is 12.8 Å². The first-order chi connectivity index (χ1) is 16.3. The van der Waals surface area contributed by atoms with Gasteiger partial charge in [-0.2, -0.15) is 13.2 Å². The Balaban J connectivity index is 1.21. The van der Waals surface area contributed by atoms with Crippen LogP contribution in [0.2, 0.25) is 0 Å². The molecule has 1 N–H and O–H groups in total. The van der Waals surface area contributed by atoms with Gasteiger partial charge in [0.1, 0.15) is 12.4 Å². The maximum absolute atomic E-state index is 12.7. The fourth-order valence-corrected chi connectivity index (χ4v) is 4.70. The lowest BCUT2D eigenvalue weighted by molar-refractivity contribution is -0.137. The van der Waals surface area contributed by atoms with Gasteiger partial charge in [0.15, 0.2) is 0 Å². The van der Waals surface area contributed by atoms with E-state index in [-0.39, 0.29) is 18.6 Å². The molecule has 4 rings (SSSR count). The molecule has 184 valence electrons. The number of carbonyl (C=O) groups is 1. The minimum Gasteiger partial charge on any atom is -0.489 e. The van der Waals surface area contributed by atoms with Crippen molar-refractivity contribution in [2.45, 2.75) is 50.6 Å². The summed E-state index contributed by atoms with van der Waals surface area (Å²) < 4.78 is 43.5. The van der Waals surface area contributed by atoms with Crippen LogP contribution in [0, 0.1) is 0 Å². The lowest BCUT2D eigenvalue weighted by Crippen LogP contribution is -2.50. The van der Waals surface area contributed by atoms with Crippen molar-refractivity contribution in [3.05, 3.63) is 65.2 Å². The monoisotopic (exact) mass is 475 g/mol. The number of rotatable bonds is 6. The van der Waals surface area contributed by atoms with Crippen molar-refractivity contribution < 1.29 is 22.7 Å². The summed E-state index contributed by atoms with van der Waals surface area (Å²) in [5, 5.41) is 3.16. The highest BCUT2D eigenvalue weighted by atomic mass is 19.4. The molecule has 0 aromatic heterocycles. The molecule has 2 heterocycles. The summed E-state index contributed by atoms with van der Waals surface area (Å²) in [6.45, 7) is 4.58. The fourth-order valence-electron chi connectivity index (χ4n) is 4.70. The normalized spacial score (nSPS) is 19.2. The van der Waals surface area contributed by atoms with E-state index in [1.807, 2.05) is 12.1 Å². The summed E-state index contributed by atoms with van der Waals surface area (Å²) >= 11 is 0. The topological polar surface area (TPSA) is 44.8 Å². The van der Waals surface area contributed by atoms with Crippen molar-refractivity contribution in [2.75, 3.05) is 33.2 Å². The van der Waals surface area contributed by atoms with Crippen LogP contribution in [0.3, 0.4) is 0 Å². The highest BCUT2D eigenvalue weighted by molar-refractivity contribution is 5.94. The van der Waals surface area contributed by atoms with E-state index in [0.717, 1.165) is 56.7 Å². The predicted molar refractivity (Wildman–Crippen MR) is 125 cm³/mol. The second-order valence-electron chi connectivity index (χ2n) is 9.33. The minimum atomic E-state index is -4.36. The summed E-state index contributed by atoms with van der Waals surface area (Å²) in [6.07, 6.45) is 0.0256. The van der Waals surface area contributed by atoms with Gasteiger partial charge in [-0.25, -0.2) is 0 Å². The maximum atomic E-state index is 12.7. The Kier molecular flexibility index (Phi) is 7.78. The molecule has 34 heavy (non-hydrogen) atoms. The molecule has 0 aliphatic carbocycles. The zero-order valence-electron chi connectivity index (χ0n) is 19.5. The first-order valence-electron chi connectivity index (χ1n) is 11.9. The van der Waals surface area contributed by atoms with Crippen molar-refractivity contribution in [3.8, 4) is 5.75 Å². The third-order valence-corrected chi connectivity index (χ3v) is 6.87. The van der Waals surface area contributed by atoms with Crippen molar-refractivity contribution in [3.63, 3.8) is 0 Å². The van der Waals surface area contributed by atoms with Gasteiger partial charge in [0.25, 0.3) is 5.91 Å². The molecule has 5 nitrogen and oxygen atoms in total. The first kappa shape index (κ1) is 24.5. The van der Waals surface area contributed by atoms with Crippen molar-refractivity contribution in [1.82, 2.24) is 15.1 Å². The van der Waals surface area contributed by atoms with Gasteiger partial charge >= 0.3 is 6.18 Å². The number of nitrogens with zero attached hydrogens (tertiary/aromatic N) is 2. The van der Waals surface area contributed by atoms with E-state index in [1.54, 1.807) is 12.1 Å². The van der Waals surface area contributed by atoms with E-state index in [4.69, 9.17) is 4.74 Å². The van der Waals surface area contributed by atoms with Crippen LogP contribution in [0.1, 0.15) is 47.2 Å². The van der Waals surface area contributed by atoms with Crippen LogP contribution in [0.25, 0.3) is 0 Å². The lowest BCUT2D eigenvalue weighted by atomic mass is 9.98. The smallest absolute Gasteiger partial charge is 0.416 e. The van der Waals surface area contributed by atoms with Crippen LogP contribution in [-0.4, -0.2) is 61.0 Å². The highest BCUT2D eigenvalue weighted by Gasteiger charge is 2.30. The van der Waals surface area contributed by atoms with Crippen molar-refractivity contribution >= 4 is 5.91 Å². The number of alkyl halides is 3. The molecule has 1 amide bonds. The van der Waals surface area contributed by atoms with Crippen molar-refractivity contribution in [2.24, 2.45) is 0 Å². The van der Waals surface area contributed by atoms with Crippen LogP contribution in [0.15, 0.2) is 48.5 Å². The Morgan fingerprint density at radius 2 is 1.56 bits per heavy atom. The number of piperidine rings is 2. The number of halogens is 3. The Labute approximate surface area is 198 Å². The molecule has 0 atom stereocenters. The van der Waals surface area contributed by atoms with Gasteiger partial charge < -0.3 is 19.9 Å². The van der Waals surface area contributed by atoms with E-state index in [9.17, 15) is 18.0 Å². The maximum Gasteiger partial charge on any atom is 0.416 e. The van der Waals surface area contributed by atoms with Crippen LogP contribution >= 0.6 is 0 Å². The molecule has 0 radical (unpaired) electrons. The van der Waals surface area contributed by atoms with Gasteiger partial charge in [0.05, 0.1) is 5.56 Å². The van der Waals surface area contributed by atoms with Crippen LogP contribution in [0.4, 0.5) is 13.2 Å². The third kappa shape index (κ3) is 6.51. The quantitative estimate of drug-likeness (QED) is 0.665. The molecule has 0 bridgehead atoms. The van der Waals surface area contributed by atoms with Gasteiger partial charge in [-0.05, 0) is 87.8 Å². The molecule has 0 spiro atoms. The molecule has 0 unspecified atom stereocenters. The molecule has 2 saturated heterocycles. The second-order valence-corrected chi connectivity index (χ2v) is 9.33. The number of amides is 1. The zero-order valence-corrected chi connectivity index (χ0v) is 19.5. The summed E-state index contributed by atoms with van der Waals surface area (Å²) in [5.41, 5.74) is 0.724. The first-order valence-corrected chi connectivity index (χ1v) is 11.9. The fraction of sp³-hybridized carbons (Fsp3) is 0.500. The minimum absolute atomic E-state index is 0.0760. The number of carbonyl (C=O) groups excluding carboxylic acids is 1. The number of benzene rings is 2. The van der Waals surface area contributed by atoms with Crippen LogP contribution in [0.5, 0.6) is 5.75 Å². The molecule has 2 aliphatic rings. The Morgan fingerprint density at radius 3 is 2.15 bits per heavy atom. The van der Waals surface area contributed by atoms with Gasteiger partial charge in [-0.15, -0.1) is 0 Å². The molecule has 2 aromatic carbocycles. The number of ether oxygens (including phenoxy) is 1. The largest absolute Gasteiger partial charge is 0.489 e. The second kappa shape index (κ2) is 10.8. The molecule has 2 aromatic rings. The predicted octanol–water partition coefficient (Wildman–Crippen LogP) is 4.57. The highest BCUT2D eigenvalue weighted by Crippen LogP contribution is 2.30. The lowest BCUT2D eigenvalue weighted by Gasteiger charge is -2.41. The summed E-state index contributed by atoms with van der Waals surface area (Å²) in [6, 6.07) is 12.6. The number of likely N-dealkylation sites (tertiary alicyclic amines) is 2. The van der Waals surface area contributed by atoms with E-state index in [1.165, 1.54) is 25.0 Å². The van der Waals surface area contributed by atoms with E-state index in [0.29, 0.717) is 17.4 Å². The van der Waals surface area contributed by atoms with E-state index < -0.39 is 11.7 Å². The average Bonchev–Trinajstić information content (AvgIpc) is 2.84. The third-order valence-electron chi connectivity index (χ3n) is 6.87. The SMILES string of the molecule is CN1CCC(N2CCC(NC(=O)c3ccc(COc4ccc(C(F)(F)F)cc4)cc3)CC2)CC1. The molecule has 2 aliphatic heterocycles. The summed E-state index contributed by atoms with van der Waals surface area (Å²) in [5.74, 6) is 0.286. The van der Waals surface area contributed by atoms with Crippen molar-refractivity contribution in [1.29, 1.82) is 0 Å². The Morgan fingerprint density at radius 1 is 0.941 bits per heavy atom. The molecule has 8 heteroatoms. The van der Waals surface area contributed by atoms with E-state index in [2.05, 4.69) is 22.2 Å². The van der Waals surface area contributed by atoms with Gasteiger partial charge in [-0.1, -0.05) is 12.1 Å². The average molecular weight is 476 g/mol. The van der Waals surface area contributed by atoms with Crippen LogP contribution < -0.4 is 10.1 Å². The van der Waals surface area contributed by atoms with Gasteiger partial charge in [0.2, 0.25) is 0 Å². The van der Waals surface area contributed by atoms with Gasteiger partial charge in [-0.3, -0.25) is 4.79 Å². The van der Waals surface area contributed by atoms with Gasteiger partial charge in [0, 0.05) is 30.7 Å².